The highest BCUT2D eigenvalue weighted by molar-refractivity contribution is 6.63. The molecule has 0 rings (SSSR count). The van der Waals surface area contributed by atoms with Crippen molar-refractivity contribution in [3.8, 4) is 0 Å². The van der Waals surface area contributed by atoms with Crippen LogP contribution in [-0.4, -0.2) is 135 Å². The van der Waals surface area contributed by atoms with Gasteiger partial charge < -0.3 is 13.3 Å². The van der Waals surface area contributed by atoms with E-state index in [0.29, 0.717) is 20.8 Å². The molecule has 0 atom stereocenters. The van der Waals surface area contributed by atoms with Crippen molar-refractivity contribution in [1.82, 2.24) is 0 Å². The van der Waals surface area contributed by atoms with Crippen LogP contribution in [0.2, 0.25) is 0 Å². The van der Waals surface area contributed by atoms with Crippen LogP contribution in [0, 0.1) is 0 Å². The third-order valence-corrected chi connectivity index (χ3v) is 11.6. The maximum Gasteiger partial charge on any atom is 0.582 e. The minimum atomic E-state index is -10.4. The predicted molar refractivity (Wildman–Crippen MR) is 140 cm³/mol. The molecule has 0 aromatic heterocycles. The molecule has 3 nitrogen and oxygen atoms in total. The van der Waals surface area contributed by atoms with Crippen LogP contribution in [0.25, 0.3) is 0 Å². The fraction of sp³-hybridized carbons (Fsp3) is 1.00. The van der Waals surface area contributed by atoms with Crippen molar-refractivity contribution in [3.63, 3.8) is 0 Å². The molecule has 0 aliphatic carbocycles. The Balaban J connectivity index is 7.95. The standard InChI is InChI=1S/C26H19F37O3Si/c1-4-64-67(65-5-2,66-6-3)26(62,63)25(60,61)24(58,59)23(56,57)22(54,55)21(52,53)20(50,51)19(48,49)18(46,47)17(44,45)16(42,43)15(40,41)14(38,39)13(36,37)12(34,35)11(32,33)9(27,28)7-8-10(29,30)31/h4-8H2,1-3H3. The zero-order valence-electron chi connectivity index (χ0n) is 31.2. The molecule has 41 heteroatoms. The van der Waals surface area contributed by atoms with Crippen LogP contribution in [0.5, 0.6) is 0 Å². The Labute approximate surface area is 345 Å². The monoisotopic (exact) mass is 1110 g/mol. The molecular formula is C26H19F37O3Si. The maximum atomic E-state index is 15.0. The fourth-order valence-corrected chi connectivity index (χ4v) is 7.08. The van der Waals surface area contributed by atoms with E-state index < -0.39 is 148 Å². The third-order valence-electron chi connectivity index (χ3n) is 8.48. The van der Waals surface area contributed by atoms with Crippen LogP contribution in [0.4, 0.5) is 162 Å². The average Bonchev–Trinajstić information content (AvgIpc) is 3.12. The Morgan fingerprint density at radius 3 is 0.567 bits per heavy atom. The van der Waals surface area contributed by atoms with Crippen LogP contribution in [0.15, 0.2) is 0 Å². The molecule has 0 aliphatic heterocycles. The van der Waals surface area contributed by atoms with E-state index in [1.807, 2.05) is 0 Å². The van der Waals surface area contributed by atoms with Crippen molar-refractivity contribution >= 4 is 8.80 Å². The second-order valence-electron chi connectivity index (χ2n) is 12.9. The summed E-state index contributed by atoms with van der Waals surface area (Å²) in [6.45, 7) is -3.45. The summed E-state index contributed by atoms with van der Waals surface area (Å²) in [5.74, 6) is -156. The Bertz CT molecular complexity index is 1680. The number of hydrogen-bond acceptors (Lipinski definition) is 3. The summed E-state index contributed by atoms with van der Waals surface area (Å²) >= 11 is 0. The highest BCUT2D eigenvalue weighted by Gasteiger charge is 3.03. The molecule has 0 heterocycles. The van der Waals surface area contributed by atoms with Gasteiger partial charge in [-0.15, -0.1) is 0 Å². The summed E-state index contributed by atoms with van der Waals surface area (Å²) in [6.07, 6.45) is -13.9. The zero-order chi connectivity index (χ0) is 55.2. The van der Waals surface area contributed by atoms with E-state index in [1.165, 1.54) is 0 Å². The van der Waals surface area contributed by atoms with Gasteiger partial charge in [0.2, 0.25) is 0 Å². The number of rotatable bonds is 25. The minimum Gasteiger partial charge on any atom is -0.370 e. The molecule has 0 bridgehead atoms. The molecule has 0 aromatic rings. The lowest BCUT2D eigenvalue weighted by Gasteiger charge is -2.47. The second kappa shape index (κ2) is 17.4. The Hall–Kier alpha value is -2.49. The van der Waals surface area contributed by atoms with Gasteiger partial charge in [0.15, 0.2) is 0 Å². The van der Waals surface area contributed by atoms with Crippen LogP contribution in [0.1, 0.15) is 33.6 Å². The van der Waals surface area contributed by atoms with Crippen LogP contribution in [-0.2, 0) is 13.3 Å². The lowest BCUT2D eigenvalue weighted by atomic mass is 9.82. The van der Waals surface area contributed by atoms with Gasteiger partial charge in [0.1, 0.15) is 0 Å². The summed E-state index contributed by atoms with van der Waals surface area (Å²) in [6, 6.07) is 0. The minimum absolute atomic E-state index is 0.411. The molecule has 0 unspecified atom stereocenters. The first-order valence-electron chi connectivity index (χ1n) is 16.0. The molecule has 0 spiro atoms. The quantitative estimate of drug-likeness (QED) is 0.0674. The van der Waals surface area contributed by atoms with Gasteiger partial charge >= 0.3 is 115 Å². The largest absolute Gasteiger partial charge is 0.582 e. The maximum absolute atomic E-state index is 15.0. The SMILES string of the molecule is CCO[Si](OCC)(OCC)C(F)(F)C(F)(F)C(F)(F)C(F)(F)C(F)(F)C(F)(F)C(F)(F)C(F)(F)C(F)(F)C(F)(F)C(F)(F)C(F)(F)C(F)(F)C(F)(F)C(F)(F)C(F)(F)C(F)(F)CCC(F)(F)F. The molecule has 67 heavy (non-hydrogen) atoms. The third kappa shape index (κ3) is 8.36. The number of alkyl halides is 37. The highest BCUT2D eigenvalue weighted by atomic mass is 28.4. The van der Waals surface area contributed by atoms with Crippen molar-refractivity contribution in [2.45, 2.75) is 140 Å². The van der Waals surface area contributed by atoms with Gasteiger partial charge in [-0.1, -0.05) is 0 Å². The van der Waals surface area contributed by atoms with Crippen molar-refractivity contribution in [1.29, 1.82) is 0 Å². The van der Waals surface area contributed by atoms with Crippen molar-refractivity contribution < 1.29 is 176 Å². The van der Waals surface area contributed by atoms with E-state index in [2.05, 4.69) is 13.3 Å². The number of halogens is 37. The van der Waals surface area contributed by atoms with Crippen LogP contribution in [0.3, 0.4) is 0 Å². The molecule has 0 fully saturated rings. The van der Waals surface area contributed by atoms with Gasteiger partial charge in [-0.3, -0.25) is 0 Å². The van der Waals surface area contributed by atoms with Gasteiger partial charge in [-0.25, -0.2) is 0 Å². The molecular weight excluding hydrogens is 1090 g/mol. The Morgan fingerprint density at radius 1 is 0.239 bits per heavy atom. The van der Waals surface area contributed by atoms with E-state index in [-0.39, 0.29) is 0 Å². The molecule has 0 aliphatic rings. The molecule has 0 N–H and O–H groups in total. The zero-order valence-corrected chi connectivity index (χ0v) is 32.2. The molecule has 0 saturated carbocycles. The van der Waals surface area contributed by atoms with Gasteiger partial charge in [0, 0.05) is 32.7 Å². The molecule has 0 saturated heterocycles. The lowest BCUT2D eigenvalue weighted by molar-refractivity contribution is -0.490. The average molecular weight is 1110 g/mol. The summed E-state index contributed by atoms with van der Waals surface area (Å²) in [4.78, 5) is 0. The van der Waals surface area contributed by atoms with Crippen molar-refractivity contribution in [2.75, 3.05) is 19.8 Å². The van der Waals surface area contributed by atoms with E-state index in [1.54, 1.807) is 0 Å². The van der Waals surface area contributed by atoms with E-state index in [9.17, 15) is 162 Å². The normalized spacial score (nSPS) is 16.8. The number of hydrogen-bond donors (Lipinski definition) is 0. The molecule has 0 radical (unpaired) electrons. The van der Waals surface area contributed by atoms with Crippen molar-refractivity contribution in [3.05, 3.63) is 0 Å². The first-order chi connectivity index (χ1) is 28.6. The predicted octanol–water partition coefficient (Wildman–Crippen LogP) is 13.7. The van der Waals surface area contributed by atoms with E-state index in [4.69, 9.17) is 0 Å². The fourth-order valence-electron chi connectivity index (χ4n) is 4.61. The lowest BCUT2D eigenvalue weighted by Crippen LogP contribution is -2.81. The van der Waals surface area contributed by atoms with E-state index in [0.717, 1.165) is 0 Å². The summed E-state index contributed by atoms with van der Waals surface area (Å²) in [7, 11) is -7.32. The summed E-state index contributed by atoms with van der Waals surface area (Å²) in [5.41, 5.74) is -7.52. The van der Waals surface area contributed by atoms with Crippen molar-refractivity contribution in [2.24, 2.45) is 0 Å². The molecule has 0 aromatic carbocycles. The van der Waals surface area contributed by atoms with Crippen LogP contribution >= 0.6 is 0 Å². The van der Waals surface area contributed by atoms with Gasteiger partial charge in [-0.2, -0.15) is 162 Å². The van der Waals surface area contributed by atoms with Gasteiger partial charge in [0.05, 0.1) is 0 Å². The smallest absolute Gasteiger partial charge is 0.370 e. The van der Waals surface area contributed by atoms with E-state index >= 15 is 0 Å². The first-order valence-corrected chi connectivity index (χ1v) is 17.8. The second-order valence-corrected chi connectivity index (χ2v) is 15.5. The molecule has 404 valence electrons. The Morgan fingerprint density at radius 2 is 0.403 bits per heavy atom. The summed E-state index contributed by atoms with van der Waals surface area (Å²) < 4.78 is 531. The Kier molecular flexibility index (Phi) is 16.7. The molecule has 0 amide bonds. The summed E-state index contributed by atoms with van der Waals surface area (Å²) in [5, 5.41) is 0. The van der Waals surface area contributed by atoms with Gasteiger partial charge in [-0.05, 0) is 20.8 Å². The topological polar surface area (TPSA) is 27.7 Å². The first kappa shape index (κ1) is 64.5. The highest BCUT2D eigenvalue weighted by Crippen LogP contribution is 2.70. The van der Waals surface area contributed by atoms with Crippen LogP contribution < -0.4 is 0 Å². The van der Waals surface area contributed by atoms with Gasteiger partial charge in [0.25, 0.3) is 0 Å².